The van der Waals surface area contributed by atoms with Crippen molar-refractivity contribution in [1.82, 2.24) is 0 Å². The molecule has 2 saturated heterocycles. The van der Waals surface area contributed by atoms with Gasteiger partial charge in [0.1, 0.15) is 0 Å². The van der Waals surface area contributed by atoms with Crippen LogP contribution in [0.15, 0.2) is 0 Å². The van der Waals surface area contributed by atoms with Crippen molar-refractivity contribution in [3.05, 3.63) is 0 Å². The molecule has 0 amide bonds. The van der Waals surface area contributed by atoms with Crippen LogP contribution in [0.5, 0.6) is 0 Å². The first-order chi connectivity index (χ1) is 7.35. The Bertz CT molecular complexity index is 399. The fourth-order valence-electron chi connectivity index (χ4n) is 2.37. The van der Waals surface area contributed by atoms with Crippen molar-refractivity contribution in [1.29, 1.82) is 0 Å². The van der Waals surface area contributed by atoms with Gasteiger partial charge in [0.05, 0.1) is 12.3 Å². The number of hydrogen-bond acceptors (Lipinski definition) is 5. The van der Waals surface area contributed by atoms with Gasteiger partial charge in [-0.3, -0.25) is 4.48 Å². The minimum absolute atomic E-state index is 0.229. The predicted molar refractivity (Wildman–Crippen MR) is 57.6 cm³/mol. The molecular weight excluding hydrogens is 254 g/mol. The third-order valence-electron chi connectivity index (χ3n) is 3.42. The number of hydrogen-bond donors (Lipinski definition) is 0. The van der Waals surface area contributed by atoms with E-state index in [1.165, 1.54) is 0 Å². The second kappa shape index (κ2) is 4.52. The van der Waals surface area contributed by atoms with Crippen LogP contribution in [0.4, 0.5) is 0 Å². The van der Waals surface area contributed by atoms with E-state index in [0.29, 0.717) is 10.2 Å². The van der Waals surface area contributed by atoms with Gasteiger partial charge in [0.15, 0.2) is 12.4 Å². The zero-order valence-corrected chi connectivity index (χ0v) is 11.0. The Morgan fingerprint density at radius 1 is 1.38 bits per heavy atom. The number of methoxy groups -OCH3 is 1. The second-order valence-electron chi connectivity index (χ2n) is 4.40. The SMILES string of the molecule is COC1(C)C[N+]12CCCS(=O)(=O)C2.O=S=O. The smallest absolute Gasteiger partial charge is 0.326 e. The fraction of sp³-hybridized carbons (Fsp3) is 1.00. The van der Waals surface area contributed by atoms with Gasteiger partial charge < -0.3 is 4.74 Å². The van der Waals surface area contributed by atoms with Crippen LogP contribution in [0, 0.1) is 0 Å². The molecule has 2 unspecified atom stereocenters. The molecule has 2 aliphatic rings. The summed E-state index contributed by atoms with van der Waals surface area (Å²) in [5.41, 5.74) is -0.229. The zero-order valence-electron chi connectivity index (χ0n) is 9.34. The lowest BCUT2D eigenvalue weighted by molar-refractivity contribution is -0.835. The van der Waals surface area contributed by atoms with Crippen molar-refractivity contribution >= 4 is 21.4 Å². The molecule has 0 aromatic heterocycles. The van der Waals surface area contributed by atoms with Gasteiger partial charge in [-0.1, -0.05) is 0 Å². The number of quaternary nitrogens is 1. The Morgan fingerprint density at radius 2 is 1.94 bits per heavy atom. The Morgan fingerprint density at radius 3 is 2.31 bits per heavy atom. The molecule has 0 bridgehead atoms. The van der Waals surface area contributed by atoms with Gasteiger partial charge in [-0.2, -0.15) is 8.42 Å². The fourth-order valence-corrected chi connectivity index (χ4v) is 4.32. The van der Waals surface area contributed by atoms with Crippen LogP contribution in [0.1, 0.15) is 13.3 Å². The van der Waals surface area contributed by atoms with E-state index in [4.69, 9.17) is 13.2 Å². The lowest BCUT2D eigenvalue weighted by Gasteiger charge is -2.27. The average Bonchev–Trinajstić information content (AvgIpc) is 2.70. The quantitative estimate of drug-likeness (QED) is 0.464. The minimum atomic E-state index is -2.82. The summed E-state index contributed by atoms with van der Waals surface area (Å²) in [4.78, 5) is 0. The van der Waals surface area contributed by atoms with Crippen molar-refractivity contribution < 1.29 is 26.1 Å². The third-order valence-corrected chi connectivity index (χ3v) is 5.22. The molecule has 8 heteroatoms. The lowest BCUT2D eigenvalue weighted by Crippen LogP contribution is -2.45. The lowest BCUT2D eigenvalue weighted by atomic mass is 10.4. The molecule has 1 spiro atoms. The topological polar surface area (TPSA) is 77.5 Å². The minimum Gasteiger partial charge on any atom is -0.326 e. The van der Waals surface area contributed by atoms with E-state index in [1.807, 2.05) is 6.92 Å². The maximum atomic E-state index is 11.4. The van der Waals surface area contributed by atoms with E-state index in [9.17, 15) is 8.42 Å². The summed E-state index contributed by atoms with van der Waals surface area (Å²) in [5.74, 6) is 0.629. The van der Waals surface area contributed by atoms with E-state index in [0.717, 1.165) is 19.5 Å². The normalized spacial score (nSPS) is 39.6. The van der Waals surface area contributed by atoms with Gasteiger partial charge in [0, 0.05) is 20.5 Å². The highest BCUT2D eigenvalue weighted by atomic mass is 32.2. The maximum absolute atomic E-state index is 11.4. The second-order valence-corrected chi connectivity index (χ2v) is 6.69. The summed E-state index contributed by atoms with van der Waals surface area (Å²) < 4.78 is 45.4. The summed E-state index contributed by atoms with van der Waals surface area (Å²) >= 11 is -0.750. The molecule has 0 aliphatic carbocycles. The molecule has 2 fully saturated rings. The van der Waals surface area contributed by atoms with E-state index in [2.05, 4.69) is 0 Å². The molecule has 2 heterocycles. The van der Waals surface area contributed by atoms with Crippen LogP contribution in [0.3, 0.4) is 0 Å². The van der Waals surface area contributed by atoms with Crippen LogP contribution in [-0.4, -0.2) is 58.9 Å². The maximum Gasteiger partial charge on any atom is 0.335 e. The Kier molecular flexibility index (Phi) is 3.88. The Labute approximate surface area is 98.7 Å². The standard InChI is InChI=1S/C8H16NO3S.O2S/c1-8(12-2)6-9(8)4-3-5-13(10,11)7-9;1-3-2/h3-7H2,1-2H3;/q+1;. The summed E-state index contributed by atoms with van der Waals surface area (Å²) in [6, 6.07) is 0. The van der Waals surface area contributed by atoms with Crippen molar-refractivity contribution in [2.75, 3.05) is 31.8 Å². The van der Waals surface area contributed by atoms with Crippen molar-refractivity contribution in [2.24, 2.45) is 0 Å². The molecule has 0 N–H and O–H groups in total. The van der Waals surface area contributed by atoms with Crippen LogP contribution < -0.4 is 0 Å². The largest absolute Gasteiger partial charge is 0.335 e. The Hall–Kier alpha value is -0.310. The summed E-state index contributed by atoms with van der Waals surface area (Å²) in [7, 11) is -1.16. The molecule has 94 valence electrons. The molecular formula is C8H16NO5S2+. The molecule has 0 radical (unpaired) electrons. The van der Waals surface area contributed by atoms with E-state index in [1.54, 1.807) is 7.11 Å². The third kappa shape index (κ3) is 2.50. The predicted octanol–water partition coefficient (Wildman–Crippen LogP) is -0.715. The van der Waals surface area contributed by atoms with E-state index >= 15 is 0 Å². The van der Waals surface area contributed by atoms with E-state index in [-0.39, 0.29) is 11.6 Å². The van der Waals surface area contributed by atoms with Gasteiger partial charge in [-0.15, -0.1) is 0 Å². The molecule has 0 saturated carbocycles. The number of nitrogens with zero attached hydrogens (tertiary/aromatic N) is 1. The van der Waals surface area contributed by atoms with Gasteiger partial charge >= 0.3 is 11.6 Å². The van der Waals surface area contributed by atoms with E-state index < -0.39 is 21.4 Å². The number of ether oxygens (including phenoxy) is 1. The zero-order chi connectivity index (χ0) is 12.4. The van der Waals surface area contributed by atoms with Crippen molar-refractivity contribution in [3.8, 4) is 0 Å². The molecule has 6 nitrogen and oxygen atoms in total. The van der Waals surface area contributed by atoms with Crippen LogP contribution in [0.25, 0.3) is 0 Å². The van der Waals surface area contributed by atoms with Crippen LogP contribution in [0.2, 0.25) is 0 Å². The molecule has 2 aliphatic heterocycles. The first-order valence-corrected chi connectivity index (χ1v) is 7.37. The summed E-state index contributed by atoms with van der Waals surface area (Å²) in [6.07, 6.45) is 0.779. The van der Waals surface area contributed by atoms with Gasteiger partial charge in [0.2, 0.25) is 9.84 Å². The van der Waals surface area contributed by atoms with Crippen LogP contribution in [-0.2, 0) is 26.1 Å². The van der Waals surface area contributed by atoms with Crippen LogP contribution >= 0.6 is 0 Å². The average molecular weight is 270 g/mol. The summed E-state index contributed by atoms with van der Waals surface area (Å²) in [5, 5.41) is 0. The molecule has 2 atom stereocenters. The highest BCUT2D eigenvalue weighted by Crippen LogP contribution is 2.45. The molecule has 0 aromatic carbocycles. The van der Waals surface area contributed by atoms with Gasteiger partial charge in [0.25, 0.3) is 5.72 Å². The monoisotopic (exact) mass is 270 g/mol. The number of rotatable bonds is 1. The molecule has 0 aromatic rings. The highest BCUT2D eigenvalue weighted by molar-refractivity contribution is 7.91. The molecule has 16 heavy (non-hydrogen) atoms. The highest BCUT2D eigenvalue weighted by Gasteiger charge is 2.69. The first kappa shape index (κ1) is 13.8. The van der Waals surface area contributed by atoms with Gasteiger partial charge in [-0.05, 0) is 0 Å². The van der Waals surface area contributed by atoms with Crippen molar-refractivity contribution in [3.63, 3.8) is 0 Å². The van der Waals surface area contributed by atoms with Gasteiger partial charge in [-0.25, -0.2) is 8.42 Å². The number of sulfone groups is 1. The summed E-state index contributed by atoms with van der Waals surface area (Å²) in [6.45, 7) is 3.79. The molecule has 2 rings (SSSR count). The Balaban J connectivity index is 0.000000386. The first-order valence-electron chi connectivity index (χ1n) is 4.88. The van der Waals surface area contributed by atoms with Crippen molar-refractivity contribution in [2.45, 2.75) is 19.1 Å².